The molecule has 0 aromatic rings. The van der Waals surface area contributed by atoms with Gasteiger partial charge in [0.1, 0.15) is 0 Å². The lowest BCUT2D eigenvalue weighted by Crippen LogP contribution is -2.19. The molecular weight excluding hydrogens is 274 g/mol. The number of likely N-dealkylation sites (N-methyl/N-ethyl adjacent to an activating group) is 1. The highest BCUT2D eigenvalue weighted by Gasteiger charge is 2.11. The molecule has 0 unspecified atom stereocenters. The molecule has 0 atom stereocenters. The summed E-state index contributed by atoms with van der Waals surface area (Å²) in [5, 5.41) is 0. The van der Waals surface area contributed by atoms with Crippen LogP contribution in [0.1, 0.15) is 0 Å². The zero-order valence-corrected chi connectivity index (χ0v) is 9.15. The Morgan fingerprint density at radius 2 is 2.18 bits per heavy atom. The van der Waals surface area contributed by atoms with Gasteiger partial charge in [-0.2, -0.15) is 0 Å². The van der Waals surface area contributed by atoms with Crippen molar-refractivity contribution in [1.29, 1.82) is 0 Å². The highest BCUT2D eigenvalue weighted by Crippen LogP contribution is 2.19. The minimum absolute atomic E-state index is 0.0956. The normalized spacial score (nSPS) is 19.2. The van der Waals surface area contributed by atoms with Crippen LogP contribution in [0, 0.1) is 0 Å². The van der Waals surface area contributed by atoms with Crippen molar-refractivity contribution in [2.24, 2.45) is 0 Å². The van der Waals surface area contributed by atoms with E-state index in [1.165, 1.54) is 0 Å². The Hall–Kier alpha value is -0.0900. The first-order valence-corrected chi connectivity index (χ1v) is 4.66. The average molecular weight is 281 g/mol. The Labute approximate surface area is 82.2 Å². The standard InChI is InChI=1S/C7H7Br2NO/c1-10-3-5(8)2-6(9)7(11)4-10/h2-3H,4H2,1H3. The van der Waals surface area contributed by atoms with Gasteiger partial charge in [0, 0.05) is 17.7 Å². The van der Waals surface area contributed by atoms with Gasteiger partial charge in [0.15, 0.2) is 5.78 Å². The third-order valence-corrected chi connectivity index (χ3v) is 2.37. The van der Waals surface area contributed by atoms with Crippen LogP contribution in [0.4, 0.5) is 0 Å². The van der Waals surface area contributed by atoms with E-state index in [0.717, 1.165) is 4.48 Å². The molecular formula is C7H7Br2NO. The van der Waals surface area contributed by atoms with Crippen LogP contribution < -0.4 is 0 Å². The van der Waals surface area contributed by atoms with Crippen LogP contribution in [0.25, 0.3) is 0 Å². The summed E-state index contributed by atoms with van der Waals surface area (Å²) in [7, 11) is 1.86. The quantitative estimate of drug-likeness (QED) is 0.677. The number of carbonyl (C=O) groups excluding carboxylic acids is 1. The summed E-state index contributed by atoms with van der Waals surface area (Å²) < 4.78 is 1.52. The second-order valence-electron chi connectivity index (χ2n) is 2.34. The fraction of sp³-hybridized carbons (Fsp3) is 0.286. The maximum Gasteiger partial charge on any atom is 0.189 e. The Kier molecular flexibility index (Phi) is 2.90. The largest absolute Gasteiger partial charge is 0.372 e. The Balaban J connectivity index is 2.91. The third-order valence-electron chi connectivity index (χ3n) is 1.27. The van der Waals surface area contributed by atoms with Crippen LogP contribution in [0.3, 0.4) is 0 Å². The lowest BCUT2D eigenvalue weighted by atomic mass is 10.3. The van der Waals surface area contributed by atoms with Gasteiger partial charge in [-0.25, -0.2) is 0 Å². The maximum atomic E-state index is 11.2. The molecule has 0 N–H and O–H groups in total. The molecule has 4 heteroatoms. The number of nitrogens with zero attached hydrogens (tertiary/aromatic N) is 1. The molecule has 2 nitrogen and oxygen atoms in total. The Bertz CT molecular complexity index is 245. The topological polar surface area (TPSA) is 20.3 Å². The van der Waals surface area contributed by atoms with Gasteiger partial charge in [-0.05, 0) is 37.9 Å². The lowest BCUT2D eigenvalue weighted by Gasteiger charge is -2.09. The van der Waals surface area contributed by atoms with E-state index in [-0.39, 0.29) is 5.78 Å². The van der Waals surface area contributed by atoms with Gasteiger partial charge in [-0.15, -0.1) is 0 Å². The number of hydrogen-bond acceptors (Lipinski definition) is 2. The minimum Gasteiger partial charge on any atom is -0.372 e. The van der Waals surface area contributed by atoms with E-state index in [1.807, 2.05) is 18.1 Å². The summed E-state index contributed by atoms with van der Waals surface area (Å²) in [4.78, 5) is 13.0. The first kappa shape index (κ1) is 9.00. The first-order chi connectivity index (χ1) is 5.09. The SMILES string of the molecule is CN1C=C(Br)C=C(Br)C(=O)C1. The maximum absolute atomic E-state index is 11.2. The molecule has 11 heavy (non-hydrogen) atoms. The molecule has 0 aromatic carbocycles. The molecule has 0 saturated heterocycles. The van der Waals surface area contributed by atoms with E-state index in [2.05, 4.69) is 31.9 Å². The molecule has 0 radical (unpaired) electrons. The van der Waals surface area contributed by atoms with Gasteiger partial charge in [0.05, 0.1) is 11.0 Å². The number of halogens is 2. The monoisotopic (exact) mass is 279 g/mol. The van der Waals surface area contributed by atoms with E-state index in [9.17, 15) is 4.79 Å². The smallest absolute Gasteiger partial charge is 0.189 e. The molecule has 1 rings (SSSR count). The molecule has 0 bridgehead atoms. The summed E-state index contributed by atoms with van der Waals surface area (Å²) >= 11 is 6.49. The number of hydrogen-bond donors (Lipinski definition) is 0. The van der Waals surface area contributed by atoms with Gasteiger partial charge in [-0.3, -0.25) is 4.79 Å². The first-order valence-electron chi connectivity index (χ1n) is 3.07. The van der Waals surface area contributed by atoms with E-state index in [1.54, 1.807) is 6.08 Å². The lowest BCUT2D eigenvalue weighted by molar-refractivity contribution is -0.115. The number of ketones is 1. The molecule has 0 spiro atoms. The average Bonchev–Trinajstić information content (AvgIpc) is 1.93. The fourth-order valence-electron chi connectivity index (χ4n) is 0.797. The second kappa shape index (κ2) is 3.54. The summed E-state index contributed by atoms with van der Waals surface area (Å²) in [6.07, 6.45) is 3.62. The molecule has 0 aliphatic carbocycles. The second-order valence-corrected chi connectivity index (χ2v) is 4.11. The van der Waals surface area contributed by atoms with Gasteiger partial charge in [0.25, 0.3) is 0 Å². The van der Waals surface area contributed by atoms with Gasteiger partial charge in [0.2, 0.25) is 0 Å². The van der Waals surface area contributed by atoms with E-state index < -0.39 is 0 Å². The van der Waals surface area contributed by atoms with E-state index >= 15 is 0 Å². The molecule has 1 aliphatic heterocycles. The van der Waals surface area contributed by atoms with Crippen LogP contribution in [0.5, 0.6) is 0 Å². The van der Waals surface area contributed by atoms with Gasteiger partial charge >= 0.3 is 0 Å². The Morgan fingerprint density at radius 3 is 2.82 bits per heavy atom. The minimum atomic E-state index is 0.0956. The molecule has 1 aliphatic rings. The number of Topliss-reactive ketones (excluding diaryl/α,β-unsaturated/α-hetero) is 1. The van der Waals surface area contributed by atoms with Crippen molar-refractivity contribution in [1.82, 2.24) is 4.90 Å². The highest BCUT2D eigenvalue weighted by atomic mass is 79.9. The van der Waals surface area contributed by atoms with Crippen molar-refractivity contribution < 1.29 is 4.79 Å². The van der Waals surface area contributed by atoms with Crippen molar-refractivity contribution >= 4 is 37.6 Å². The number of rotatable bonds is 0. The van der Waals surface area contributed by atoms with Crippen LogP contribution in [0.2, 0.25) is 0 Å². The van der Waals surface area contributed by atoms with Crippen LogP contribution >= 0.6 is 31.9 Å². The van der Waals surface area contributed by atoms with Gasteiger partial charge < -0.3 is 4.90 Å². The van der Waals surface area contributed by atoms with Crippen molar-refractivity contribution in [3.8, 4) is 0 Å². The molecule has 0 fully saturated rings. The van der Waals surface area contributed by atoms with Crippen LogP contribution in [-0.4, -0.2) is 24.3 Å². The zero-order valence-electron chi connectivity index (χ0n) is 5.97. The van der Waals surface area contributed by atoms with Crippen molar-refractivity contribution in [2.75, 3.05) is 13.6 Å². The fourth-order valence-corrected chi connectivity index (χ4v) is 2.05. The number of carbonyl (C=O) groups is 1. The number of allylic oxidation sites excluding steroid dienone is 2. The van der Waals surface area contributed by atoms with Crippen molar-refractivity contribution in [2.45, 2.75) is 0 Å². The molecule has 1 heterocycles. The molecule has 0 amide bonds. The zero-order chi connectivity index (χ0) is 8.43. The summed E-state index contributed by atoms with van der Waals surface area (Å²) in [5.74, 6) is 0.0956. The van der Waals surface area contributed by atoms with Crippen molar-refractivity contribution in [3.63, 3.8) is 0 Å². The Morgan fingerprint density at radius 1 is 1.55 bits per heavy atom. The summed E-state index contributed by atoms with van der Waals surface area (Å²) in [5.41, 5.74) is 0. The summed E-state index contributed by atoms with van der Waals surface area (Å²) in [6.45, 7) is 0.423. The molecule has 60 valence electrons. The predicted octanol–water partition coefficient (Wildman–Crippen LogP) is 2.02. The van der Waals surface area contributed by atoms with Crippen molar-refractivity contribution in [3.05, 3.63) is 21.2 Å². The molecule has 0 aromatic heterocycles. The van der Waals surface area contributed by atoms with E-state index in [0.29, 0.717) is 11.0 Å². The third kappa shape index (κ3) is 2.45. The van der Waals surface area contributed by atoms with Crippen LogP contribution in [-0.2, 0) is 4.79 Å². The van der Waals surface area contributed by atoms with Crippen LogP contribution in [0.15, 0.2) is 21.2 Å². The van der Waals surface area contributed by atoms with Gasteiger partial charge in [-0.1, -0.05) is 0 Å². The van der Waals surface area contributed by atoms with E-state index in [4.69, 9.17) is 0 Å². The highest BCUT2D eigenvalue weighted by molar-refractivity contribution is 9.12. The predicted molar refractivity (Wildman–Crippen MR) is 51.7 cm³/mol. The molecule has 0 saturated carbocycles. The summed E-state index contributed by atoms with van der Waals surface area (Å²) in [6, 6.07) is 0.